The second-order valence-electron chi connectivity index (χ2n) is 9.19. The van der Waals surface area contributed by atoms with Crippen molar-refractivity contribution >= 4 is 6.03 Å². The van der Waals surface area contributed by atoms with Gasteiger partial charge in [0.15, 0.2) is 0 Å². The second-order valence-corrected chi connectivity index (χ2v) is 9.19. The molecule has 6 nitrogen and oxygen atoms in total. The number of amides is 2. The molecule has 6 heteroatoms. The van der Waals surface area contributed by atoms with Crippen molar-refractivity contribution in [3.8, 4) is 0 Å². The molecule has 1 saturated heterocycles. The van der Waals surface area contributed by atoms with Gasteiger partial charge in [-0.25, -0.2) is 4.79 Å². The summed E-state index contributed by atoms with van der Waals surface area (Å²) in [4.78, 5) is 14.6. The molecule has 0 radical (unpaired) electrons. The molecule has 2 aliphatic rings. The summed E-state index contributed by atoms with van der Waals surface area (Å²) in [5.41, 5.74) is 0.586. The molecule has 1 aliphatic heterocycles. The fraction of sp³-hybridized carbons (Fsp3) is 0.833. The van der Waals surface area contributed by atoms with Crippen LogP contribution >= 0.6 is 0 Å². The average Bonchev–Trinajstić information content (AvgIpc) is 2.98. The largest absolute Gasteiger partial charge is 0.335 e. The molecule has 134 valence electrons. The zero-order valence-electron chi connectivity index (χ0n) is 15.5. The van der Waals surface area contributed by atoms with E-state index in [4.69, 9.17) is 0 Å². The molecule has 1 N–H and O–H groups in total. The summed E-state index contributed by atoms with van der Waals surface area (Å²) in [6.07, 6.45) is 8.83. The van der Waals surface area contributed by atoms with Crippen LogP contribution in [0.3, 0.4) is 0 Å². The monoisotopic (exact) mass is 333 g/mol. The van der Waals surface area contributed by atoms with Gasteiger partial charge in [-0.05, 0) is 42.9 Å². The minimum Gasteiger partial charge on any atom is -0.335 e. The fourth-order valence-electron chi connectivity index (χ4n) is 4.98. The normalized spacial score (nSPS) is 24.8. The molecule has 0 atom stereocenters. The molecule has 2 fully saturated rings. The maximum absolute atomic E-state index is 12.7. The van der Waals surface area contributed by atoms with Crippen LogP contribution in [0.5, 0.6) is 0 Å². The fourth-order valence-corrected chi connectivity index (χ4v) is 4.98. The van der Waals surface area contributed by atoms with E-state index in [0.29, 0.717) is 16.9 Å². The number of nitrogens with zero attached hydrogens (tertiary/aromatic N) is 4. The maximum atomic E-state index is 12.7. The number of hydrogen-bond donors (Lipinski definition) is 1. The molecule has 0 spiro atoms. The van der Waals surface area contributed by atoms with E-state index in [1.165, 1.54) is 6.42 Å². The Morgan fingerprint density at radius 3 is 2.12 bits per heavy atom. The summed E-state index contributed by atoms with van der Waals surface area (Å²) >= 11 is 0. The molecule has 24 heavy (non-hydrogen) atoms. The van der Waals surface area contributed by atoms with Gasteiger partial charge < -0.3 is 14.8 Å². The van der Waals surface area contributed by atoms with Crippen molar-refractivity contribution in [2.45, 2.75) is 71.9 Å². The summed E-state index contributed by atoms with van der Waals surface area (Å²) in [6.45, 7) is 10.9. The first-order valence-corrected chi connectivity index (χ1v) is 9.14. The van der Waals surface area contributed by atoms with Crippen molar-refractivity contribution in [1.82, 2.24) is 25.0 Å². The summed E-state index contributed by atoms with van der Waals surface area (Å²) in [6, 6.07) is 0.805. The van der Waals surface area contributed by atoms with Crippen LogP contribution in [0.15, 0.2) is 12.7 Å². The van der Waals surface area contributed by atoms with E-state index in [9.17, 15) is 4.79 Å². The molecule has 3 rings (SSSR count). The van der Waals surface area contributed by atoms with Crippen molar-refractivity contribution in [1.29, 1.82) is 0 Å². The molecule has 2 heterocycles. The number of hydrogen-bond acceptors (Lipinski definition) is 3. The number of urea groups is 1. The van der Waals surface area contributed by atoms with Gasteiger partial charge in [0.1, 0.15) is 12.7 Å². The number of nitrogens with one attached hydrogen (secondary N) is 1. The lowest BCUT2D eigenvalue weighted by molar-refractivity contribution is 0.0834. The summed E-state index contributed by atoms with van der Waals surface area (Å²) < 4.78 is 2.06. The van der Waals surface area contributed by atoms with Crippen LogP contribution in [0.25, 0.3) is 0 Å². The van der Waals surface area contributed by atoms with Crippen molar-refractivity contribution < 1.29 is 4.79 Å². The molecule has 0 bridgehead atoms. The Morgan fingerprint density at radius 2 is 1.58 bits per heavy atom. The van der Waals surface area contributed by atoms with Crippen molar-refractivity contribution in [2.24, 2.45) is 10.8 Å². The Balaban J connectivity index is 1.52. The molecular weight excluding hydrogens is 302 g/mol. The minimum absolute atomic E-state index is 0.107. The van der Waals surface area contributed by atoms with Crippen molar-refractivity contribution in [3.05, 3.63) is 12.7 Å². The first kappa shape index (κ1) is 17.2. The van der Waals surface area contributed by atoms with E-state index in [1.54, 1.807) is 12.7 Å². The van der Waals surface area contributed by atoms with Gasteiger partial charge in [0.2, 0.25) is 0 Å². The molecule has 0 aromatic carbocycles. The van der Waals surface area contributed by atoms with Gasteiger partial charge in [0.25, 0.3) is 0 Å². The third-order valence-electron chi connectivity index (χ3n) is 5.49. The van der Waals surface area contributed by atoms with Crippen LogP contribution < -0.4 is 5.32 Å². The standard InChI is InChI=1S/C18H31N5O/c1-17(2)9-14(10-18(3,4)11-17)21-16(24)22-7-5-15(6-8-22)23-12-19-20-13-23/h12-15H,5-11H2,1-4H3,(H,21,24). The summed E-state index contributed by atoms with van der Waals surface area (Å²) in [5.74, 6) is 0. The lowest BCUT2D eigenvalue weighted by atomic mass is 9.63. The highest BCUT2D eigenvalue weighted by molar-refractivity contribution is 5.74. The van der Waals surface area contributed by atoms with Crippen molar-refractivity contribution in [2.75, 3.05) is 13.1 Å². The highest BCUT2D eigenvalue weighted by Crippen LogP contribution is 2.45. The molecule has 1 aromatic heterocycles. The Bertz CT molecular complexity index is 542. The van der Waals surface area contributed by atoms with Gasteiger partial charge in [0, 0.05) is 25.2 Å². The van der Waals surface area contributed by atoms with Gasteiger partial charge in [-0.2, -0.15) is 0 Å². The van der Waals surface area contributed by atoms with Crippen LogP contribution in [-0.2, 0) is 0 Å². The summed E-state index contributed by atoms with van der Waals surface area (Å²) in [5, 5.41) is 11.1. The van der Waals surface area contributed by atoms with Crippen LogP contribution in [-0.4, -0.2) is 44.8 Å². The highest BCUT2D eigenvalue weighted by atomic mass is 16.2. The second kappa shape index (κ2) is 6.37. The van der Waals surface area contributed by atoms with E-state index in [0.717, 1.165) is 38.8 Å². The maximum Gasteiger partial charge on any atom is 0.317 e. The average molecular weight is 333 g/mol. The van der Waals surface area contributed by atoms with E-state index in [1.807, 2.05) is 4.90 Å². The Labute approximate surface area is 145 Å². The van der Waals surface area contributed by atoms with E-state index in [2.05, 4.69) is 47.8 Å². The third-order valence-corrected chi connectivity index (χ3v) is 5.49. The molecule has 1 saturated carbocycles. The predicted octanol–water partition coefficient (Wildman–Crippen LogP) is 3.23. The zero-order valence-corrected chi connectivity index (χ0v) is 15.5. The van der Waals surface area contributed by atoms with Gasteiger partial charge in [0.05, 0.1) is 0 Å². The first-order chi connectivity index (χ1) is 11.2. The minimum atomic E-state index is 0.107. The summed E-state index contributed by atoms with van der Waals surface area (Å²) in [7, 11) is 0. The number of likely N-dealkylation sites (tertiary alicyclic amines) is 1. The number of aromatic nitrogens is 3. The molecule has 1 aliphatic carbocycles. The SMILES string of the molecule is CC1(C)CC(NC(=O)N2CCC(n3cnnc3)CC2)CC(C)(C)C1. The Morgan fingerprint density at radius 1 is 1.04 bits per heavy atom. The van der Waals surface area contributed by atoms with Gasteiger partial charge in [-0.3, -0.25) is 0 Å². The number of rotatable bonds is 2. The van der Waals surface area contributed by atoms with Gasteiger partial charge in [-0.15, -0.1) is 10.2 Å². The van der Waals surface area contributed by atoms with Crippen LogP contribution in [0.4, 0.5) is 4.79 Å². The van der Waals surface area contributed by atoms with Gasteiger partial charge >= 0.3 is 6.03 Å². The van der Waals surface area contributed by atoms with E-state index < -0.39 is 0 Å². The van der Waals surface area contributed by atoms with Crippen LogP contribution in [0, 0.1) is 10.8 Å². The number of carbonyl (C=O) groups excluding carboxylic acids is 1. The first-order valence-electron chi connectivity index (χ1n) is 9.14. The zero-order chi connectivity index (χ0) is 17.4. The quantitative estimate of drug-likeness (QED) is 0.904. The molecule has 2 amide bonds. The predicted molar refractivity (Wildman–Crippen MR) is 93.6 cm³/mol. The Kier molecular flexibility index (Phi) is 4.58. The van der Waals surface area contributed by atoms with E-state index >= 15 is 0 Å². The lowest BCUT2D eigenvalue weighted by Gasteiger charge is -2.45. The topological polar surface area (TPSA) is 63.1 Å². The number of piperidine rings is 1. The smallest absolute Gasteiger partial charge is 0.317 e. The molecule has 0 unspecified atom stereocenters. The van der Waals surface area contributed by atoms with E-state index in [-0.39, 0.29) is 12.1 Å². The molecule has 1 aromatic rings. The van der Waals surface area contributed by atoms with Crippen molar-refractivity contribution in [3.63, 3.8) is 0 Å². The third kappa shape index (κ3) is 4.08. The van der Waals surface area contributed by atoms with Gasteiger partial charge in [-0.1, -0.05) is 27.7 Å². The molecular formula is C18H31N5O. The van der Waals surface area contributed by atoms with Crippen LogP contribution in [0.1, 0.15) is 65.8 Å². The number of carbonyl (C=O) groups is 1. The Hall–Kier alpha value is -1.59. The highest BCUT2D eigenvalue weighted by Gasteiger charge is 2.39. The lowest BCUT2D eigenvalue weighted by Crippen LogP contribution is -2.51. The van der Waals surface area contributed by atoms with Crippen LogP contribution in [0.2, 0.25) is 0 Å².